The van der Waals surface area contributed by atoms with Crippen LogP contribution in [0.25, 0.3) is 38.9 Å². The van der Waals surface area contributed by atoms with Gasteiger partial charge in [-0.05, 0) is 37.6 Å². The number of hydrogen-bond donors (Lipinski definition) is 2. The SMILES string of the molecule is Cc1cccc2c1n(-c1ccc(-c3cncc4[nH]ncc34)cn1)c(=O)n2CC(=O)N[C@@H](C)C(F)(F)F. The zero-order valence-electron chi connectivity index (χ0n) is 19.2. The molecular weight excluding hydrogens is 475 g/mol. The van der Waals surface area contributed by atoms with Gasteiger partial charge in [0.25, 0.3) is 0 Å². The number of benzene rings is 1. The van der Waals surface area contributed by atoms with Gasteiger partial charge in [-0.25, -0.2) is 14.3 Å². The molecular formula is C24H20F3N7O2. The first-order valence-electron chi connectivity index (χ1n) is 11.0. The van der Waals surface area contributed by atoms with Crippen LogP contribution in [0, 0.1) is 6.92 Å². The summed E-state index contributed by atoms with van der Waals surface area (Å²) in [6, 6.07) is 6.56. The first-order chi connectivity index (χ1) is 17.1. The molecule has 184 valence electrons. The van der Waals surface area contributed by atoms with E-state index >= 15 is 0 Å². The number of aromatic amines is 1. The topological polar surface area (TPSA) is 110 Å². The van der Waals surface area contributed by atoms with Gasteiger partial charge in [0.05, 0.1) is 28.9 Å². The molecule has 1 aromatic carbocycles. The number of nitrogens with zero attached hydrogens (tertiary/aromatic N) is 5. The minimum atomic E-state index is -4.59. The first-order valence-corrected chi connectivity index (χ1v) is 11.0. The number of rotatable bonds is 5. The molecule has 4 heterocycles. The van der Waals surface area contributed by atoms with E-state index in [0.717, 1.165) is 39.1 Å². The van der Waals surface area contributed by atoms with Crippen molar-refractivity contribution in [1.82, 2.24) is 34.6 Å². The highest BCUT2D eigenvalue weighted by molar-refractivity contribution is 5.93. The standard InChI is InChI=1S/C24H20F3N7O2/c1-13-4-3-5-19-22(13)34(23(36)33(19)12-21(35)31-14(2)24(25,26)27)20-7-6-15(8-29-20)16-9-28-11-18-17(16)10-30-32-18/h3-11,14H,12H2,1-2H3,(H,30,32)(H,31,35)/t14-/m0/s1. The third-order valence-corrected chi connectivity index (χ3v) is 5.98. The van der Waals surface area contributed by atoms with E-state index in [1.165, 1.54) is 4.57 Å². The van der Waals surface area contributed by atoms with Gasteiger partial charge in [-0.15, -0.1) is 0 Å². The van der Waals surface area contributed by atoms with Crippen LogP contribution in [0.1, 0.15) is 12.5 Å². The number of carbonyl (C=O) groups excluding carboxylic acids is 1. The van der Waals surface area contributed by atoms with Crippen LogP contribution in [0.2, 0.25) is 0 Å². The van der Waals surface area contributed by atoms with Crippen LogP contribution in [0.3, 0.4) is 0 Å². The van der Waals surface area contributed by atoms with Gasteiger partial charge < -0.3 is 5.32 Å². The lowest BCUT2D eigenvalue weighted by molar-refractivity contribution is -0.158. The molecule has 0 bridgehead atoms. The fourth-order valence-electron chi connectivity index (χ4n) is 4.12. The molecule has 1 amide bonds. The van der Waals surface area contributed by atoms with Gasteiger partial charge >= 0.3 is 11.9 Å². The maximum absolute atomic E-state index is 13.4. The number of H-pyrrole nitrogens is 1. The van der Waals surface area contributed by atoms with Crippen molar-refractivity contribution in [3.05, 3.63) is 71.2 Å². The molecule has 0 saturated carbocycles. The lowest BCUT2D eigenvalue weighted by Crippen LogP contribution is -2.45. The predicted octanol–water partition coefficient (Wildman–Crippen LogP) is 3.50. The zero-order valence-corrected chi connectivity index (χ0v) is 19.2. The summed E-state index contributed by atoms with van der Waals surface area (Å²) in [7, 11) is 0. The number of imidazole rings is 1. The Hall–Kier alpha value is -4.48. The summed E-state index contributed by atoms with van der Waals surface area (Å²) in [5.74, 6) is -0.621. The zero-order chi connectivity index (χ0) is 25.6. The number of halogens is 3. The van der Waals surface area contributed by atoms with Crippen molar-refractivity contribution in [2.75, 3.05) is 0 Å². The van der Waals surface area contributed by atoms with Crippen LogP contribution < -0.4 is 11.0 Å². The first kappa shape index (κ1) is 23.3. The van der Waals surface area contributed by atoms with E-state index in [1.54, 1.807) is 62.0 Å². The molecule has 5 aromatic rings. The highest BCUT2D eigenvalue weighted by Gasteiger charge is 2.37. The second-order valence-electron chi connectivity index (χ2n) is 8.40. The summed E-state index contributed by atoms with van der Waals surface area (Å²) in [5, 5.41) is 9.66. The van der Waals surface area contributed by atoms with Gasteiger partial charge in [-0.1, -0.05) is 12.1 Å². The van der Waals surface area contributed by atoms with Gasteiger partial charge in [-0.3, -0.25) is 19.4 Å². The van der Waals surface area contributed by atoms with Crippen LogP contribution >= 0.6 is 0 Å². The molecule has 0 spiro atoms. The number of fused-ring (bicyclic) bond motifs is 2. The normalized spacial score (nSPS) is 12.8. The van der Waals surface area contributed by atoms with Gasteiger partial charge in [0, 0.05) is 28.9 Å². The predicted molar refractivity (Wildman–Crippen MR) is 127 cm³/mol. The highest BCUT2D eigenvalue weighted by atomic mass is 19.4. The second-order valence-corrected chi connectivity index (χ2v) is 8.40. The number of amides is 1. The van der Waals surface area contributed by atoms with Crippen molar-refractivity contribution in [3.8, 4) is 16.9 Å². The average Bonchev–Trinajstić information content (AvgIpc) is 3.42. The summed E-state index contributed by atoms with van der Waals surface area (Å²) < 4.78 is 41.1. The van der Waals surface area contributed by atoms with Crippen molar-refractivity contribution in [3.63, 3.8) is 0 Å². The fourth-order valence-corrected chi connectivity index (χ4v) is 4.12. The van der Waals surface area contributed by atoms with E-state index in [1.807, 2.05) is 5.32 Å². The third kappa shape index (κ3) is 4.00. The van der Waals surface area contributed by atoms with E-state index < -0.39 is 30.4 Å². The molecule has 0 aliphatic rings. The Morgan fingerprint density at radius 2 is 1.94 bits per heavy atom. The van der Waals surface area contributed by atoms with Crippen LogP contribution in [-0.4, -0.2) is 47.4 Å². The largest absolute Gasteiger partial charge is 0.408 e. The maximum atomic E-state index is 13.4. The Morgan fingerprint density at radius 1 is 1.14 bits per heavy atom. The van der Waals surface area contributed by atoms with Crippen molar-refractivity contribution in [2.45, 2.75) is 32.6 Å². The maximum Gasteiger partial charge on any atom is 0.408 e. The number of aryl methyl sites for hydroxylation is 1. The third-order valence-electron chi connectivity index (χ3n) is 5.98. The van der Waals surface area contributed by atoms with E-state index in [0.29, 0.717) is 16.9 Å². The summed E-state index contributed by atoms with van der Waals surface area (Å²) in [6.07, 6.45) is 2.05. The highest BCUT2D eigenvalue weighted by Crippen LogP contribution is 2.27. The minimum Gasteiger partial charge on any atom is -0.343 e. The Kier molecular flexibility index (Phi) is 5.58. The van der Waals surface area contributed by atoms with E-state index in [2.05, 4.69) is 20.2 Å². The molecule has 0 aliphatic carbocycles. The summed E-state index contributed by atoms with van der Waals surface area (Å²) in [4.78, 5) is 34.5. The van der Waals surface area contributed by atoms with E-state index in [9.17, 15) is 22.8 Å². The Bertz CT molecular complexity index is 1650. The van der Waals surface area contributed by atoms with Gasteiger partial charge in [0.15, 0.2) is 0 Å². The molecule has 0 fully saturated rings. The molecule has 36 heavy (non-hydrogen) atoms. The van der Waals surface area contributed by atoms with E-state index in [-0.39, 0.29) is 0 Å². The van der Waals surface area contributed by atoms with Crippen LogP contribution in [0.15, 0.2) is 59.9 Å². The quantitative estimate of drug-likeness (QED) is 0.388. The number of alkyl halides is 3. The smallest absolute Gasteiger partial charge is 0.343 e. The number of pyridine rings is 2. The summed E-state index contributed by atoms with van der Waals surface area (Å²) in [6.45, 7) is 2.08. The Balaban J connectivity index is 1.55. The molecule has 5 rings (SSSR count). The van der Waals surface area contributed by atoms with Gasteiger partial charge in [-0.2, -0.15) is 18.3 Å². The molecule has 0 radical (unpaired) electrons. The average molecular weight is 495 g/mol. The van der Waals surface area contributed by atoms with Crippen molar-refractivity contribution in [2.24, 2.45) is 0 Å². The molecule has 12 heteroatoms. The Morgan fingerprint density at radius 3 is 2.67 bits per heavy atom. The molecule has 1 atom stereocenters. The van der Waals surface area contributed by atoms with Crippen LogP contribution in [0.4, 0.5) is 13.2 Å². The van der Waals surface area contributed by atoms with Crippen molar-refractivity contribution < 1.29 is 18.0 Å². The van der Waals surface area contributed by atoms with Gasteiger partial charge in [0.1, 0.15) is 18.4 Å². The molecule has 4 aromatic heterocycles. The molecule has 9 nitrogen and oxygen atoms in total. The second kappa shape index (κ2) is 8.63. The molecule has 0 aliphatic heterocycles. The van der Waals surface area contributed by atoms with Crippen LogP contribution in [-0.2, 0) is 11.3 Å². The number of hydrogen-bond acceptors (Lipinski definition) is 5. The number of nitrogens with one attached hydrogen (secondary N) is 2. The monoisotopic (exact) mass is 495 g/mol. The number of aromatic nitrogens is 6. The summed E-state index contributed by atoms with van der Waals surface area (Å²) >= 11 is 0. The number of para-hydroxylation sites is 1. The molecule has 0 saturated heterocycles. The minimum absolute atomic E-state index is 0.304. The van der Waals surface area contributed by atoms with Crippen molar-refractivity contribution >= 4 is 27.8 Å². The lowest BCUT2D eigenvalue weighted by atomic mass is 10.1. The number of carbonyl (C=O) groups is 1. The van der Waals surface area contributed by atoms with Crippen LogP contribution in [0.5, 0.6) is 0 Å². The fraction of sp³-hybridized carbons (Fsp3) is 0.208. The molecule has 0 unspecified atom stereocenters. The van der Waals surface area contributed by atoms with Gasteiger partial charge in [0.2, 0.25) is 5.91 Å². The van der Waals surface area contributed by atoms with E-state index in [4.69, 9.17) is 0 Å². The Labute approximate surface area is 201 Å². The van der Waals surface area contributed by atoms with Crippen molar-refractivity contribution in [1.29, 1.82) is 0 Å². The molecule has 2 N–H and O–H groups in total. The lowest BCUT2D eigenvalue weighted by Gasteiger charge is -2.17. The summed E-state index contributed by atoms with van der Waals surface area (Å²) in [5.41, 5.74) is 3.41.